The van der Waals surface area contributed by atoms with Crippen LogP contribution < -0.4 is 4.52 Å². The second-order valence-electron chi connectivity index (χ2n) is 2.74. The summed E-state index contributed by atoms with van der Waals surface area (Å²) in [7, 11) is 2.24. The van der Waals surface area contributed by atoms with Gasteiger partial charge in [0.05, 0.1) is 9.47 Å². The predicted octanol–water partition coefficient (Wildman–Crippen LogP) is 3.77. The summed E-state index contributed by atoms with van der Waals surface area (Å²) in [5, 5.41) is 2.38. The molecule has 0 heterocycles. The van der Waals surface area contributed by atoms with Crippen LogP contribution in [-0.4, -0.2) is 0 Å². The molecule has 0 spiro atoms. The van der Waals surface area contributed by atoms with Gasteiger partial charge in [-0.3, -0.25) is 0 Å². The average molecular weight is 255 g/mol. The van der Waals surface area contributed by atoms with Crippen LogP contribution in [0.3, 0.4) is 0 Å². The summed E-state index contributed by atoms with van der Waals surface area (Å²) in [6, 6.07) is 12.1. The minimum atomic E-state index is 0.851. The van der Waals surface area contributed by atoms with Gasteiger partial charge in [0.25, 0.3) is 0 Å². The molecular formula is C10H8BrOP. The predicted molar refractivity (Wildman–Crippen MR) is 62.0 cm³/mol. The summed E-state index contributed by atoms with van der Waals surface area (Å²) in [6.45, 7) is 0. The van der Waals surface area contributed by atoms with Crippen molar-refractivity contribution in [1.82, 2.24) is 0 Å². The lowest BCUT2D eigenvalue weighted by atomic mass is 10.1. The Hall–Kier alpha value is -0.590. The third-order valence-corrected chi connectivity index (χ3v) is 2.90. The molecule has 0 aliphatic carbocycles. The quantitative estimate of drug-likeness (QED) is 0.705. The molecule has 1 nitrogen and oxygen atoms in total. The number of benzene rings is 2. The standard InChI is InChI=1S/C10H8BrOP/c11-10-3-1-2-7-4-5-8(12-13)6-9(7)10/h1-6H,13H2. The Morgan fingerprint density at radius 3 is 2.77 bits per heavy atom. The third-order valence-electron chi connectivity index (χ3n) is 1.94. The second kappa shape index (κ2) is 3.65. The van der Waals surface area contributed by atoms with E-state index < -0.39 is 0 Å². The molecule has 3 heteroatoms. The van der Waals surface area contributed by atoms with Gasteiger partial charge in [0.1, 0.15) is 5.75 Å². The normalized spacial score (nSPS) is 10.3. The fraction of sp³-hybridized carbons (Fsp3) is 0. The van der Waals surface area contributed by atoms with Crippen molar-refractivity contribution in [2.45, 2.75) is 0 Å². The highest BCUT2D eigenvalue weighted by atomic mass is 79.9. The van der Waals surface area contributed by atoms with Crippen molar-refractivity contribution in [2.24, 2.45) is 0 Å². The lowest BCUT2D eigenvalue weighted by Crippen LogP contribution is -1.77. The number of halogens is 1. The van der Waals surface area contributed by atoms with Gasteiger partial charge in [0.2, 0.25) is 0 Å². The average Bonchev–Trinajstić information content (AvgIpc) is 2.18. The lowest BCUT2D eigenvalue weighted by molar-refractivity contribution is 0.647. The van der Waals surface area contributed by atoms with Gasteiger partial charge in [0, 0.05) is 4.47 Å². The topological polar surface area (TPSA) is 9.23 Å². The van der Waals surface area contributed by atoms with E-state index in [1.807, 2.05) is 30.3 Å². The lowest BCUT2D eigenvalue weighted by Gasteiger charge is -2.03. The zero-order valence-electron chi connectivity index (χ0n) is 6.83. The number of rotatable bonds is 1. The first-order valence-corrected chi connectivity index (χ1v) is 5.13. The summed E-state index contributed by atoms with van der Waals surface area (Å²) < 4.78 is 6.16. The third kappa shape index (κ3) is 1.70. The maximum absolute atomic E-state index is 5.07. The molecule has 0 bridgehead atoms. The largest absolute Gasteiger partial charge is 0.480 e. The Morgan fingerprint density at radius 2 is 2.00 bits per heavy atom. The fourth-order valence-electron chi connectivity index (χ4n) is 1.29. The van der Waals surface area contributed by atoms with Crippen LogP contribution in [0.15, 0.2) is 40.9 Å². The molecule has 0 aromatic heterocycles. The smallest absolute Gasteiger partial charge is 0.123 e. The van der Waals surface area contributed by atoms with Crippen LogP contribution in [-0.2, 0) is 0 Å². The molecule has 0 saturated carbocycles. The monoisotopic (exact) mass is 254 g/mol. The molecule has 66 valence electrons. The molecule has 2 aromatic carbocycles. The van der Waals surface area contributed by atoms with Crippen molar-refractivity contribution in [2.75, 3.05) is 0 Å². The van der Waals surface area contributed by atoms with E-state index in [9.17, 15) is 0 Å². The van der Waals surface area contributed by atoms with Crippen molar-refractivity contribution in [3.8, 4) is 5.75 Å². The molecule has 0 fully saturated rings. The maximum atomic E-state index is 5.07. The van der Waals surface area contributed by atoms with E-state index >= 15 is 0 Å². The molecule has 0 aliphatic heterocycles. The Labute approximate surface area is 87.5 Å². The summed E-state index contributed by atoms with van der Waals surface area (Å²) in [6.07, 6.45) is 0. The van der Waals surface area contributed by atoms with Gasteiger partial charge in [-0.2, -0.15) is 0 Å². The van der Waals surface area contributed by atoms with E-state index in [2.05, 4.69) is 31.5 Å². The summed E-state index contributed by atoms with van der Waals surface area (Å²) >= 11 is 3.50. The Kier molecular flexibility index (Phi) is 2.52. The first-order valence-electron chi connectivity index (χ1n) is 3.86. The Bertz CT molecular complexity index is 442. The van der Waals surface area contributed by atoms with Crippen LogP contribution in [0.4, 0.5) is 0 Å². The Morgan fingerprint density at radius 1 is 1.15 bits per heavy atom. The minimum Gasteiger partial charge on any atom is -0.480 e. The van der Waals surface area contributed by atoms with Crippen molar-refractivity contribution in [3.05, 3.63) is 40.9 Å². The van der Waals surface area contributed by atoms with Crippen molar-refractivity contribution in [3.63, 3.8) is 0 Å². The van der Waals surface area contributed by atoms with Crippen LogP contribution in [0.5, 0.6) is 5.75 Å². The fourth-order valence-corrected chi connectivity index (χ4v) is 1.93. The van der Waals surface area contributed by atoms with Crippen LogP contribution in [0.2, 0.25) is 0 Å². The first kappa shape index (κ1) is 8.98. The first-order chi connectivity index (χ1) is 6.31. The molecule has 0 amide bonds. The molecule has 2 rings (SSSR count). The highest BCUT2D eigenvalue weighted by molar-refractivity contribution is 9.10. The number of fused-ring (bicyclic) bond motifs is 1. The van der Waals surface area contributed by atoms with Gasteiger partial charge >= 0.3 is 0 Å². The Balaban J connectivity index is 2.74. The molecule has 2 aromatic rings. The van der Waals surface area contributed by atoms with E-state index in [1.54, 1.807) is 0 Å². The molecule has 0 aliphatic rings. The van der Waals surface area contributed by atoms with E-state index in [1.165, 1.54) is 10.8 Å². The van der Waals surface area contributed by atoms with Gasteiger partial charge in [-0.1, -0.05) is 34.1 Å². The molecular weight excluding hydrogens is 247 g/mol. The molecule has 13 heavy (non-hydrogen) atoms. The summed E-state index contributed by atoms with van der Waals surface area (Å²) in [4.78, 5) is 0. The SMILES string of the molecule is POc1ccc2cccc(Br)c2c1. The number of hydrogen-bond donors (Lipinski definition) is 0. The van der Waals surface area contributed by atoms with Crippen LogP contribution >= 0.6 is 25.4 Å². The molecule has 0 saturated heterocycles. The second-order valence-corrected chi connectivity index (χ2v) is 3.83. The molecule has 1 atom stereocenters. The van der Waals surface area contributed by atoms with Gasteiger partial charge in [-0.25, -0.2) is 0 Å². The minimum absolute atomic E-state index is 0.851. The summed E-state index contributed by atoms with van der Waals surface area (Å²) in [5.74, 6) is 0.851. The molecule has 0 N–H and O–H groups in total. The van der Waals surface area contributed by atoms with Crippen molar-refractivity contribution >= 4 is 36.2 Å². The molecule has 0 radical (unpaired) electrons. The maximum Gasteiger partial charge on any atom is 0.123 e. The zero-order valence-corrected chi connectivity index (χ0v) is 9.57. The molecule has 1 unspecified atom stereocenters. The van der Waals surface area contributed by atoms with Crippen molar-refractivity contribution in [1.29, 1.82) is 0 Å². The van der Waals surface area contributed by atoms with Gasteiger partial charge in [-0.15, -0.1) is 0 Å². The highest BCUT2D eigenvalue weighted by Crippen LogP contribution is 2.27. The van der Waals surface area contributed by atoms with Gasteiger partial charge in [0.15, 0.2) is 0 Å². The number of hydrogen-bond acceptors (Lipinski definition) is 1. The van der Waals surface area contributed by atoms with Gasteiger partial charge < -0.3 is 4.52 Å². The van der Waals surface area contributed by atoms with E-state index in [0.717, 1.165) is 10.2 Å². The van der Waals surface area contributed by atoms with Gasteiger partial charge in [-0.05, 0) is 29.0 Å². The van der Waals surface area contributed by atoms with Crippen LogP contribution in [0.1, 0.15) is 0 Å². The van der Waals surface area contributed by atoms with E-state index in [4.69, 9.17) is 4.52 Å². The van der Waals surface area contributed by atoms with E-state index in [-0.39, 0.29) is 0 Å². The summed E-state index contributed by atoms with van der Waals surface area (Å²) in [5.41, 5.74) is 0. The van der Waals surface area contributed by atoms with E-state index in [0.29, 0.717) is 0 Å². The van der Waals surface area contributed by atoms with Crippen LogP contribution in [0.25, 0.3) is 10.8 Å². The van der Waals surface area contributed by atoms with Crippen LogP contribution in [0, 0.1) is 0 Å². The zero-order chi connectivity index (χ0) is 9.26. The highest BCUT2D eigenvalue weighted by Gasteiger charge is 1.98. The van der Waals surface area contributed by atoms with Crippen molar-refractivity contribution < 1.29 is 4.52 Å².